The molecule has 0 saturated heterocycles. The van der Waals surface area contributed by atoms with Crippen molar-refractivity contribution in [1.29, 1.82) is 0 Å². The van der Waals surface area contributed by atoms with Gasteiger partial charge >= 0.3 is 0 Å². The number of hydrogen-bond donors (Lipinski definition) is 0. The molecule has 0 atom stereocenters. The highest BCUT2D eigenvalue weighted by molar-refractivity contribution is 6.26. The van der Waals surface area contributed by atoms with Crippen molar-refractivity contribution in [2.45, 2.75) is 0 Å². The maximum Gasteiger partial charge on any atom is -0.00206 e. The SMILES string of the molecule is c1cc(-c2ccc(-c3ccc(-c4ccc5ccc6cccc7ccc4c5c67)cc3)cc2)cc(-c2ccc(-c3ccc4ccc5cccc6ccc3c4c56)cc2)c1. The minimum atomic E-state index is 1.21. The van der Waals surface area contributed by atoms with Crippen LogP contribution in [0.3, 0.4) is 0 Å². The fraction of sp³-hybridized carbons (Fsp3) is 0. The number of hydrogen-bond acceptors (Lipinski definition) is 0. The van der Waals surface area contributed by atoms with Gasteiger partial charge in [0.1, 0.15) is 0 Å². The topological polar surface area (TPSA) is 0 Å². The fourth-order valence-electron chi connectivity index (χ4n) is 9.39. The molecule has 0 spiro atoms. The van der Waals surface area contributed by atoms with E-state index in [9.17, 15) is 0 Å². The second-order valence-corrected chi connectivity index (χ2v) is 15.3. The van der Waals surface area contributed by atoms with E-state index < -0.39 is 0 Å². The molecule has 12 aromatic rings. The molecule has 56 heavy (non-hydrogen) atoms. The predicted octanol–water partition coefficient (Wildman–Crippen LogP) is 15.8. The van der Waals surface area contributed by atoms with Crippen LogP contribution < -0.4 is 0 Å². The molecule has 0 bridgehead atoms. The van der Waals surface area contributed by atoms with Crippen molar-refractivity contribution in [2.75, 3.05) is 0 Å². The highest BCUT2D eigenvalue weighted by Crippen LogP contribution is 2.41. The zero-order chi connectivity index (χ0) is 36.7. The Morgan fingerprint density at radius 3 is 0.857 bits per heavy atom. The molecule has 0 amide bonds. The van der Waals surface area contributed by atoms with Crippen LogP contribution in [-0.4, -0.2) is 0 Å². The Hall–Kier alpha value is -7.28. The Labute approximate surface area is 325 Å². The third-order valence-corrected chi connectivity index (χ3v) is 12.2. The zero-order valence-electron chi connectivity index (χ0n) is 30.6. The standard InChI is InChI=1S/C56H34/c1-4-41-22-24-45-26-30-49(51-32-28-43(6-1)53(41)55(45)51)39-18-14-36(15-19-39)35-10-12-37(13-11-35)47-8-3-9-48(34-47)38-16-20-40(21-17-38)50-31-27-46-25-23-42-5-2-7-44-29-33-52(50)56(46)54(42)44/h1-34H. The van der Waals surface area contributed by atoms with Crippen molar-refractivity contribution in [3.63, 3.8) is 0 Å². The molecule has 258 valence electrons. The summed E-state index contributed by atoms with van der Waals surface area (Å²) >= 11 is 0. The molecule has 0 fully saturated rings. The fourth-order valence-corrected chi connectivity index (χ4v) is 9.39. The van der Waals surface area contributed by atoms with Crippen molar-refractivity contribution in [2.24, 2.45) is 0 Å². The summed E-state index contributed by atoms with van der Waals surface area (Å²) in [6.07, 6.45) is 0. The van der Waals surface area contributed by atoms with Gasteiger partial charge in [0.2, 0.25) is 0 Å². The lowest BCUT2D eigenvalue weighted by Crippen LogP contribution is -1.88. The third-order valence-electron chi connectivity index (χ3n) is 12.2. The van der Waals surface area contributed by atoms with Gasteiger partial charge in [-0.3, -0.25) is 0 Å². The summed E-state index contributed by atoms with van der Waals surface area (Å²) in [5, 5.41) is 15.9. The second-order valence-electron chi connectivity index (χ2n) is 15.3. The van der Waals surface area contributed by atoms with Crippen LogP contribution >= 0.6 is 0 Å². The lowest BCUT2D eigenvalue weighted by atomic mass is 9.89. The first kappa shape index (κ1) is 31.1. The molecule has 0 N–H and O–H groups in total. The van der Waals surface area contributed by atoms with Gasteiger partial charge < -0.3 is 0 Å². The smallest absolute Gasteiger partial charge is 0.00206 e. The lowest BCUT2D eigenvalue weighted by molar-refractivity contribution is 1.57. The third kappa shape index (κ3) is 4.79. The highest BCUT2D eigenvalue weighted by atomic mass is 14.2. The number of benzene rings is 12. The van der Waals surface area contributed by atoms with Gasteiger partial charge in [-0.1, -0.05) is 200 Å². The van der Waals surface area contributed by atoms with Crippen LogP contribution in [0.25, 0.3) is 120 Å². The summed E-state index contributed by atoms with van der Waals surface area (Å²) in [5.74, 6) is 0. The molecule has 12 aromatic carbocycles. The Bertz CT molecular complexity index is 3390. The normalized spacial score (nSPS) is 11.9. The Balaban J connectivity index is 0.817. The van der Waals surface area contributed by atoms with E-state index in [2.05, 4.69) is 206 Å². The molecule has 0 nitrogen and oxygen atoms in total. The van der Waals surface area contributed by atoms with Crippen LogP contribution in [0.5, 0.6) is 0 Å². The monoisotopic (exact) mass is 706 g/mol. The van der Waals surface area contributed by atoms with E-state index in [1.165, 1.54) is 120 Å². The minimum absolute atomic E-state index is 1.21. The zero-order valence-corrected chi connectivity index (χ0v) is 30.6. The average Bonchev–Trinajstić information content (AvgIpc) is 3.27. The maximum atomic E-state index is 2.31. The molecular weight excluding hydrogens is 673 g/mol. The van der Waals surface area contributed by atoms with E-state index in [1.54, 1.807) is 0 Å². The van der Waals surface area contributed by atoms with Crippen LogP contribution in [0, 0.1) is 0 Å². The van der Waals surface area contributed by atoms with E-state index in [0.717, 1.165) is 0 Å². The molecule has 0 aromatic heterocycles. The van der Waals surface area contributed by atoms with Crippen LogP contribution in [0.15, 0.2) is 206 Å². The van der Waals surface area contributed by atoms with Gasteiger partial charge in [-0.25, -0.2) is 0 Å². The highest BCUT2D eigenvalue weighted by Gasteiger charge is 2.14. The average molecular weight is 707 g/mol. The molecule has 0 radical (unpaired) electrons. The molecule has 0 heterocycles. The number of rotatable bonds is 5. The van der Waals surface area contributed by atoms with Gasteiger partial charge in [-0.15, -0.1) is 0 Å². The largest absolute Gasteiger partial charge is 0.0610 e. The van der Waals surface area contributed by atoms with Crippen molar-refractivity contribution >= 4 is 64.6 Å². The van der Waals surface area contributed by atoms with Gasteiger partial charge in [0.05, 0.1) is 0 Å². The molecule has 12 rings (SSSR count). The van der Waals surface area contributed by atoms with Gasteiger partial charge in [0, 0.05) is 0 Å². The van der Waals surface area contributed by atoms with Gasteiger partial charge in [-0.2, -0.15) is 0 Å². The van der Waals surface area contributed by atoms with E-state index in [4.69, 9.17) is 0 Å². The van der Waals surface area contributed by atoms with Crippen molar-refractivity contribution < 1.29 is 0 Å². The van der Waals surface area contributed by atoms with Crippen LogP contribution in [0.2, 0.25) is 0 Å². The first-order valence-electron chi connectivity index (χ1n) is 19.5. The van der Waals surface area contributed by atoms with E-state index in [1.807, 2.05) is 0 Å². The quantitative estimate of drug-likeness (QED) is 0.156. The van der Waals surface area contributed by atoms with Crippen molar-refractivity contribution in [1.82, 2.24) is 0 Å². The van der Waals surface area contributed by atoms with Gasteiger partial charge in [0.25, 0.3) is 0 Å². The van der Waals surface area contributed by atoms with Crippen molar-refractivity contribution in [3.8, 4) is 55.6 Å². The van der Waals surface area contributed by atoms with Gasteiger partial charge in [0.15, 0.2) is 0 Å². The Kier molecular flexibility index (Phi) is 6.73. The first-order valence-corrected chi connectivity index (χ1v) is 19.5. The summed E-state index contributed by atoms with van der Waals surface area (Å²) in [6, 6.07) is 76.5. The second kappa shape index (κ2) is 12.1. The molecule has 0 aliphatic carbocycles. The van der Waals surface area contributed by atoms with E-state index in [-0.39, 0.29) is 0 Å². The van der Waals surface area contributed by atoms with E-state index in [0.29, 0.717) is 0 Å². The molecular formula is C56H34. The summed E-state index contributed by atoms with van der Waals surface area (Å²) in [5.41, 5.74) is 12.3. The molecule has 0 aliphatic heterocycles. The summed E-state index contributed by atoms with van der Waals surface area (Å²) in [7, 11) is 0. The van der Waals surface area contributed by atoms with Crippen LogP contribution in [0.4, 0.5) is 0 Å². The summed E-state index contributed by atoms with van der Waals surface area (Å²) in [4.78, 5) is 0. The Morgan fingerprint density at radius 2 is 0.464 bits per heavy atom. The van der Waals surface area contributed by atoms with Crippen molar-refractivity contribution in [3.05, 3.63) is 206 Å². The lowest BCUT2D eigenvalue weighted by Gasteiger charge is -2.14. The first-order chi connectivity index (χ1) is 27.7. The molecule has 0 heteroatoms. The Morgan fingerprint density at radius 1 is 0.179 bits per heavy atom. The molecule has 0 aliphatic rings. The molecule has 0 unspecified atom stereocenters. The van der Waals surface area contributed by atoms with E-state index >= 15 is 0 Å². The predicted molar refractivity (Wildman–Crippen MR) is 241 cm³/mol. The summed E-state index contributed by atoms with van der Waals surface area (Å²) in [6.45, 7) is 0. The van der Waals surface area contributed by atoms with Crippen LogP contribution in [-0.2, 0) is 0 Å². The van der Waals surface area contributed by atoms with Gasteiger partial charge in [-0.05, 0) is 126 Å². The van der Waals surface area contributed by atoms with Crippen LogP contribution in [0.1, 0.15) is 0 Å². The maximum absolute atomic E-state index is 2.31. The minimum Gasteiger partial charge on any atom is -0.0610 e. The summed E-state index contributed by atoms with van der Waals surface area (Å²) < 4.78 is 0. The molecule has 0 saturated carbocycles.